The molecule has 172 valence electrons. The number of nitro benzene ring substituents is 1. The highest BCUT2D eigenvalue weighted by Crippen LogP contribution is 2.48. The summed E-state index contributed by atoms with van der Waals surface area (Å²) >= 11 is 6.02. The Morgan fingerprint density at radius 3 is 2.29 bits per heavy atom. The van der Waals surface area contributed by atoms with Crippen LogP contribution in [0.5, 0.6) is 5.75 Å². The molecule has 0 aromatic heterocycles. The van der Waals surface area contributed by atoms with Gasteiger partial charge in [0, 0.05) is 17.2 Å². The smallest absolute Gasteiger partial charge is 0.269 e. The van der Waals surface area contributed by atoms with Gasteiger partial charge in [0.15, 0.2) is 6.10 Å². The summed E-state index contributed by atoms with van der Waals surface area (Å²) in [6, 6.07) is 18.5. The van der Waals surface area contributed by atoms with E-state index in [2.05, 4.69) is 0 Å². The van der Waals surface area contributed by atoms with Gasteiger partial charge in [-0.05, 0) is 54.1 Å². The summed E-state index contributed by atoms with van der Waals surface area (Å²) in [5.74, 6) is -1.28. The van der Waals surface area contributed by atoms with E-state index in [9.17, 15) is 19.7 Å². The molecule has 2 aliphatic heterocycles. The highest BCUT2D eigenvalue weighted by atomic mass is 35.5. The Bertz CT molecular complexity index is 1280. The van der Waals surface area contributed by atoms with Gasteiger partial charge >= 0.3 is 0 Å². The van der Waals surface area contributed by atoms with Gasteiger partial charge in [-0.1, -0.05) is 23.7 Å². The molecule has 5 rings (SSSR count). The maximum atomic E-state index is 13.6. The van der Waals surface area contributed by atoms with E-state index in [1.807, 2.05) is 0 Å². The SMILES string of the molecule is COc1ccc(N2C(=O)[C@@H]3[C@H](ON(c4ccc(Cl)cc4)[C@H]3c3cccc([N+](=O)[O-])c3)C2=O)cc1. The topological polar surface area (TPSA) is 102 Å². The van der Waals surface area contributed by atoms with Gasteiger partial charge in [0.1, 0.15) is 11.7 Å². The van der Waals surface area contributed by atoms with Crippen LogP contribution in [0, 0.1) is 16.0 Å². The van der Waals surface area contributed by atoms with E-state index in [1.165, 1.54) is 24.3 Å². The average Bonchev–Trinajstić information content (AvgIpc) is 3.35. The molecule has 0 aliphatic carbocycles. The van der Waals surface area contributed by atoms with Crippen molar-refractivity contribution in [1.29, 1.82) is 0 Å². The summed E-state index contributed by atoms with van der Waals surface area (Å²) in [7, 11) is 1.52. The van der Waals surface area contributed by atoms with Crippen LogP contribution in [0.15, 0.2) is 72.8 Å². The molecule has 2 saturated heterocycles. The van der Waals surface area contributed by atoms with Crippen molar-refractivity contribution >= 4 is 40.5 Å². The molecule has 0 spiro atoms. The minimum Gasteiger partial charge on any atom is -0.497 e. The Kier molecular flexibility index (Phi) is 5.43. The predicted octanol–water partition coefficient (Wildman–Crippen LogP) is 4.31. The summed E-state index contributed by atoms with van der Waals surface area (Å²) in [5.41, 5.74) is 1.31. The first-order valence-electron chi connectivity index (χ1n) is 10.4. The molecule has 0 radical (unpaired) electrons. The van der Waals surface area contributed by atoms with Crippen LogP contribution in [0.1, 0.15) is 11.6 Å². The molecule has 2 heterocycles. The molecule has 0 N–H and O–H groups in total. The molecule has 34 heavy (non-hydrogen) atoms. The number of halogens is 1. The quantitative estimate of drug-likeness (QED) is 0.305. The van der Waals surface area contributed by atoms with Crippen molar-refractivity contribution in [1.82, 2.24) is 0 Å². The van der Waals surface area contributed by atoms with Crippen molar-refractivity contribution in [3.05, 3.63) is 93.5 Å². The maximum Gasteiger partial charge on any atom is 0.269 e. The van der Waals surface area contributed by atoms with Crippen LogP contribution >= 0.6 is 11.6 Å². The number of methoxy groups -OCH3 is 1. The number of benzene rings is 3. The van der Waals surface area contributed by atoms with Gasteiger partial charge in [0.05, 0.1) is 29.4 Å². The third-order valence-corrected chi connectivity index (χ3v) is 6.20. The number of fused-ring (bicyclic) bond motifs is 1. The second-order valence-corrected chi connectivity index (χ2v) is 8.30. The van der Waals surface area contributed by atoms with Crippen LogP contribution in [-0.4, -0.2) is 30.0 Å². The molecule has 2 aliphatic rings. The number of hydrogen-bond donors (Lipinski definition) is 0. The van der Waals surface area contributed by atoms with Gasteiger partial charge in [-0.3, -0.25) is 24.5 Å². The third-order valence-electron chi connectivity index (χ3n) is 5.95. The van der Waals surface area contributed by atoms with Crippen molar-refractivity contribution in [3.8, 4) is 5.75 Å². The summed E-state index contributed by atoms with van der Waals surface area (Å²) in [4.78, 5) is 45.0. The summed E-state index contributed by atoms with van der Waals surface area (Å²) in [6.07, 6.45) is -1.09. The zero-order valence-corrected chi connectivity index (χ0v) is 18.6. The minimum absolute atomic E-state index is 0.124. The number of amides is 2. The molecule has 10 heteroatoms. The average molecular weight is 480 g/mol. The van der Waals surface area contributed by atoms with Crippen LogP contribution in [0.25, 0.3) is 0 Å². The number of hydroxylamine groups is 1. The standard InChI is InChI=1S/C24H18ClN3O6/c1-33-19-11-9-16(10-12-19)26-23(29)20-21(14-3-2-4-18(13-14)28(31)32)27(34-22(20)24(26)30)17-7-5-15(25)6-8-17/h2-13,20-22H,1H3/t20-,21-,22-/m0/s1. The number of carbonyl (C=O) groups excluding carboxylic acids is 2. The number of ether oxygens (including phenoxy) is 1. The van der Waals surface area contributed by atoms with Crippen molar-refractivity contribution in [2.75, 3.05) is 17.1 Å². The Labute approximate surface area is 199 Å². The monoisotopic (exact) mass is 479 g/mol. The first kappa shape index (κ1) is 21.9. The van der Waals surface area contributed by atoms with Crippen LogP contribution in [-0.2, 0) is 14.4 Å². The first-order valence-corrected chi connectivity index (χ1v) is 10.7. The van der Waals surface area contributed by atoms with Crippen LogP contribution < -0.4 is 14.7 Å². The number of carbonyl (C=O) groups is 2. The second-order valence-electron chi connectivity index (χ2n) is 7.86. The molecule has 2 amide bonds. The van der Waals surface area contributed by atoms with E-state index in [0.29, 0.717) is 27.7 Å². The van der Waals surface area contributed by atoms with Crippen LogP contribution in [0.4, 0.5) is 17.1 Å². The van der Waals surface area contributed by atoms with Gasteiger partial charge in [-0.2, -0.15) is 0 Å². The highest BCUT2D eigenvalue weighted by Gasteiger charge is 2.60. The predicted molar refractivity (Wildman–Crippen MR) is 124 cm³/mol. The fourth-order valence-corrected chi connectivity index (χ4v) is 4.50. The second kappa shape index (κ2) is 8.44. The third kappa shape index (κ3) is 3.55. The molecule has 0 saturated carbocycles. The number of imide groups is 1. The van der Waals surface area contributed by atoms with E-state index in [4.69, 9.17) is 21.2 Å². The van der Waals surface area contributed by atoms with Crippen molar-refractivity contribution in [2.45, 2.75) is 12.1 Å². The molecule has 0 unspecified atom stereocenters. The van der Waals surface area contributed by atoms with E-state index in [1.54, 1.807) is 60.7 Å². The Balaban J connectivity index is 1.58. The molecule has 3 aromatic carbocycles. The minimum atomic E-state index is -1.09. The number of rotatable bonds is 5. The molecule has 3 atom stereocenters. The van der Waals surface area contributed by atoms with Gasteiger partial charge in [0.2, 0.25) is 5.91 Å². The van der Waals surface area contributed by atoms with Gasteiger partial charge in [-0.25, -0.2) is 9.96 Å². The van der Waals surface area contributed by atoms with Crippen molar-refractivity contribution < 1.29 is 24.1 Å². The van der Waals surface area contributed by atoms with E-state index in [0.717, 1.165) is 4.90 Å². The van der Waals surface area contributed by atoms with Gasteiger partial charge in [0.25, 0.3) is 11.6 Å². The number of nitro groups is 1. The highest BCUT2D eigenvalue weighted by molar-refractivity contribution is 6.30. The Morgan fingerprint density at radius 1 is 0.971 bits per heavy atom. The van der Waals surface area contributed by atoms with Crippen molar-refractivity contribution in [2.24, 2.45) is 5.92 Å². The summed E-state index contributed by atoms with van der Waals surface area (Å²) in [5, 5.41) is 13.4. The lowest BCUT2D eigenvalue weighted by molar-refractivity contribution is -0.384. The zero-order valence-electron chi connectivity index (χ0n) is 17.8. The van der Waals surface area contributed by atoms with E-state index >= 15 is 0 Å². The molecular formula is C24H18ClN3O6. The first-order chi connectivity index (χ1) is 16.4. The van der Waals surface area contributed by atoms with E-state index < -0.39 is 34.8 Å². The summed E-state index contributed by atoms with van der Waals surface area (Å²) < 4.78 is 5.15. The van der Waals surface area contributed by atoms with Gasteiger partial charge < -0.3 is 4.74 Å². The number of nitrogens with zero attached hydrogens (tertiary/aromatic N) is 3. The fourth-order valence-electron chi connectivity index (χ4n) is 4.37. The van der Waals surface area contributed by atoms with Crippen LogP contribution in [0.2, 0.25) is 5.02 Å². The summed E-state index contributed by atoms with van der Waals surface area (Å²) in [6.45, 7) is 0. The van der Waals surface area contributed by atoms with Crippen LogP contribution in [0.3, 0.4) is 0 Å². The number of non-ortho nitro benzene ring substituents is 1. The lowest BCUT2D eigenvalue weighted by atomic mass is 9.90. The fraction of sp³-hybridized carbons (Fsp3) is 0.167. The number of hydrogen-bond acceptors (Lipinski definition) is 7. The largest absolute Gasteiger partial charge is 0.497 e. The normalized spacial score (nSPS) is 21.6. The molecule has 0 bridgehead atoms. The van der Waals surface area contributed by atoms with Gasteiger partial charge in [-0.15, -0.1) is 0 Å². The molecule has 2 fully saturated rings. The Hall–Kier alpha value is -3.95. The molecule has 9 nitrogen and oxygen atoms in total. The Morgan fingerprint density at radius 2 is 1.65 bits per heavy atom. The zero-order chi connectivity index (χ0) is 24.0. The lowest BCUT2D eigenvalue weighted by Gasteiger charge is -2.28. The maximum absolute atomic E-state index is 13.6. The lowest BCUT2D eigenvalue weighted by Crippen LogP contribution is -2.37. The van der Waals surface area contributed by atoms with Crippen molar-refractivity contribution in [3.63, 3.8) is 0 Å². The van der Waals surface area contributed by atoms with E-state index in [-0.39, 0.29) is 5.69 Å². The molecular weight excluding hydrogens is 462 g/mol. The number of anilines is 2. The molecule has 3 aromatic rings.